The lowest BCUT2D eigenvalue weighted by atomic mass is 10.1. The van der Waals surface area contributed by atoms with Crippen LogP contribution in [0.15, 0.2) is 40.8 Å². The summed E-state index contributed by atoms with van der Waals surface area (Å²) in [5, 5.41) is 4.23. The summed E-state index contributed by atoms with van der Waals surface area (Å²) in [7, 11) is 2.22. The number of hydrogen-bond acceptors (Lipinski definition) is 3. The molecule has 1 fully saturated rings. The van der Waals surface area contributed by atoms with Crippen LogP contribution in [-0.4, -0.2) is 31.1 Å². The van der Waals surface area contributed by atoms with Gasteiger partial charge in [0.1, 0.15) is 11.5 Å². The van der Waals surface area contributed by atoms with E-state index in [2.05, 4.69) is 17.3 Å². The molecule has 0 amide bonds. The van der Waals surface area contributed by atoms with Crippen molar-refractivity contribution in [3.63, 3.8) is 0 Å². The molecule has 1 saturated heterocycles. The Hall–Kier alpha value is -1.29. The maximum atomic E-state index is 5.91. The third-order valence-corrected chi connectivity index (χ3v) is 4.67. The smallest absolute Gasteiger partial charge is 0.134 e. The first-order chi connectivity index (χ1) is 10.7. The van der Waals surface area contributed by atoms with Crippen LogP contribution in [0.4, 0.5) is 0 Å². The second-order valence-corrected chi connectivity index (χ2v) is 6.45. The molecule has 4 heteroatoms. The van der Waals surface area contributed by atoms with E-state index < -0.39 is 0 Å². The van der Waals surface area contributed by atoms with Crippen LogP contribution in [0.1, 0.15) is 25.0 Å². The minimum Gasteiger partial charge on any atom is -0.460 e. The highest BCUT2D eigenvalue weighted by atomic mass is 35.5. The van der Waals surface area contributed by atoms with Crippen molar-refractivity contribution in [1.29, 1.82) is 0 Å². The molecule has 3 rings (SSSR count). The van der Waals surface area contributed by atoms with Crippen molar-refractivity contribution in [3.05, 3.63) is 47.2 Å². The van der Waals surface area contributed by atoms with E-state index in [4.69, 9.17) is 16.0 Å². The van der Waals surface area contributed by atoms with Crippen molar-refractivity contribution >= 4 is 11.6 Å². The zero-order valence-electron chi connectivity index (χ0n) is 13.0. The van der Waals surface area contributed by atoms with Crippen LogP contribution in [0.25, 0.3) is 11.3 Å². The molecule has 2 aromatic rings. The third kappa shape index (κ3) is 3.92. The van der Waals surface area contributed by atoms with Crippen LogP contribution in [-0.2, 0) is 6.54 Å². The van der Waals surface area contributed by atoms with Gasteiger partial charge < -0.3 is 14.6 Å². The molecule has 118 valence electrons. The number of halogens is 1. The number of rotatable bonds is 6. The van der Waals surface area contributed by atoms with Gasteiger partial charge in [0.25, 0.3) is 0 Å². The highest BCUT2D eigenvalue weighted by Crippen LogP contribution is 2.23. The lowest BCUT2D eigenvalue weighted by Crippen LogP contribution is -2.28. The fourth-order valence-corrected chi connectivity index (χ4v) is 3.19. The lowest BCUT2D eigenvalue weighted by molar-refractivity contribution is 0.292. The topological polar surface area (TPSA) is 28.4 Å². The van der Waals surface area contributed by atoms with E-state index in [-0.39, 0.29) is 0 Å². The average Bonchev–Trinajstić information content (AvgIpc) is 3.14. The summed E-state index contributed by atoms with van der Waals surface area (Å²) in [6.07, 6.45) is 3.88. The van der Waals surface area contributed by atoms with Gasteiger partial charge in [-0.1, -0.05) is 11.6 Å². The molecule has 22 heavy (non-hydrogen) atoms. The van der Waals surface area contributed by atoms with E-state index in [9.17, 15) is 0 Å². The second-order valence-electron chi connectivity index (χ2n) is 6.01. The van der Waals surface area contributed by atoms with Crippen LogP contribution in [0.5, 0.6) is 0 Å². The average molecular weight is 319 g/mol. The normalized spacial score (nSPS) is 18.9. The first-order valence-electron chi connectivity index (χ1n) is 7.98. The monoisotopic (exact) mass is 318 g/mol. The zero-order valence-corrected chi connectivity index (χ0v) is 13.8. The summed E-state index contributed by atoms with van der Waals surface area (Å²) in [6.45, 7) is 3.06. The van der Waals surface area contributed by atoms with Crippen LogP contribution >= 0.6 is 11.6 Å². The molecule has 1 aliphatic rings. The summed E-state index contributed by atoms with van der Waals surface area (Å²) in [4.78, 5) is 2.47. The fourth-order valence-electron chi connectivity index (χ4n) is 3.07. The van der Waals surface area contributed by atoms with Crippen LogP contribution in [0.3, 0.4) is 0 Å². The predicted molar refractivity (Wildman–Crippen MR) is 91.1 cm³/mol. The molecule has 1 atom stereocenters. The highest BCUT2D eigenvalue weighted by molar-refractivity contribution is 6.30. The van der Waals surface area contributed by atoms with Crippen molar-refractivity contribution in [3.8, 4) is 11.3 Å². The minimum absolute atomic E-state index is 0.744. The van der Waals surface area contributed by atoms with E-state index in [0.29, 0.717) is 0 Å². The Morgan fingerprint density at radius 3 is 2.77 bits per heavy atom. The summed E-state index contributed by atoms with van der Waals surface area (Å²) < 4.78 is 5.89. The standard InChI is InChI=1S/C18H23ClN2O/c1-21-12-2-3-16(21)10-11-20-13-17-8-9-18(22-17)14-4-6-15(19)7-5-14/h4-9,16,20H,2-3,10-13H2,1H3. The quantitative estimate of drug-likeness (QED) is 0.810. The van der Waals surface area contributed by atoms with Gasteiger partial charge in [0.2, 0.25) is 0 Å². The SMILES string of the molecule is CN1CCCC1CCNCc1ccc(-c2ccc(Cl)cc2)o1. The first kappa shape index (κ1) is 15.6. The maximum absolute atomic E-state index is 5.91. The highest BCUT2D eigenvalue weighted by Gasteiger charge is 2.19. The zero-order chi connectivity index (χ0) is 15.4. The Kier molecular flexibility index (Phi) is 5.19. The minimum atomic E-state index is 0.744. The van der Waals surface area contributed by atoms with Gasteiger partial charge in [-0.05, 0) is 75.8 Å². The van der Waals surface area contributed by atoms with E-state index in [1.165, 1.54) is 25.8 Å². The molecule has 1 aromatic heterocycles. The maximum Gasteiger partial charge on any atom is 0.134 e. The molecule has 0 radical (unpaired) electrons. The van der Waals surface area contributed by atoms with Gasteiger partial charge in [-0.25, -0.2) is 0 Å². The number of nitrogens with zero attached hydrogens (tertiary/aromatic N) is 1. The molecule has 3 nitrogen and oxygen atoms in total. The fraction of sp³-hybridized carbons (Fsp3) is 0.444. The second kappa shape index (κ2) is 7.32. The first-order valence-corrected chi connectivity index (χ1v) is 8.36. The predicted octanol–water partition coefficient (Wildman–Crippen LogP) is 4.17. The Morgan fingerprint density at radius 1 is 1.23 bits per heavy atom. The van der Waals surface area contributed by atoms with Gasteiger partial charge in [0.05, 0.1) is 6.54 Å². The molecule has 1 N–H and O–H groups in total. The molecule has 0 bridgehead atoms. The molecule has 1 aromatic carbocycles. The van der Waals surface area contributed by atoms with Gasteiger partial charge in [0, 0.05) is 16.6 Å². The van der Waals surface area contributed by atoms with Gasteiger partial charge >= 0.3 is 0 Å². The summed E-state index contributed by atoms with van der Waals surface area (Å²) in [6, 6.07) is 12.5. The molecular weight excluding hydrogens is 296 g/mol. The van der Waals surface area contributed by atoms with Gasteiger partial charge in [0.15, 0.2) is 0 Å². The number of nitrogens with one attached hydrogen (secondary N) is 1. The number of furan rings is 1. The van der Waals surface area contributed by atoms with Crippen molar-refractivity contribution in [2.24, 2.45) is 0 Å². The number of hydrogen-bond donors (Lipinski definition) is 1. The molecule has 0 aliphatic carbocycles. The van der Waals surface area contributed by atoms with Crippen LogP contribution in [0, 0.1) is 0 Å². The molecule has 1 unspecified atom stereocenters. The largest absolute Gasteiger partial charge is 0.460 e. The van der Waals surface area contributed by atoms with Gasteiger partial charge in [-0.2, -0.15) is 0 Å². The van der Waals surface area contributed by atoms with Gasteiger partial charge in [-0.3, -0.25) is 0 Å². The Labute approximate surface area is 137 Å². The van der Waals surface area contributed by atoms with E-state index in [0.717, 1.165) is 41.2 Å². The van der Waals surface area contributed by atoms with Crippen molar-refractivity contribution in [2.45, 2.75) is 31.8 Å². The summed E-state index contributed by atoms with van der Waals surface area (Å²) in [5.74, 6) is 1.87. The Balaban J connectivity index is 1.46. The van der Waals surface area contributed by atoms with E-state index >= 15 is 0 Å². The van der Waals surface area contributed by atoms with Crippen LogP contribution < -0.4 is 5.32 Å². The number of benzene rings is 1. The molecule has 0 saturated carbocycles. The molecular formula is C18H23ClN2O. The molecule has 0 spiro atoms. The van der Waals surface area contributed by atoms with E-state index in [1.54, 1.807) is 0 Å². The van der Waals surface area contributed by atoms with Crippen molar-refractivity contribution in [2.75, 3.05) is 20.1 Å². The molecule has 2 heterocycles. The summed E-state index contributed by atoms with van der Waals surface area (Å²) in [5.41, 5.74) is 1.06. The number of likely N-dealkylation sites (tertiary alicyclic amines) is 1. The lowest BCUT2D eigenvalue weighted by Gasteiger charge is -2.19. The summed E-state index contributed by atoms with van der Waals surface area (Å²) >= 11 is 5.91. The van der Waals surface area contributed by atoms with E-state index in [1.807, 2.05) is 36.4 Å². The van der Waals surface area contributed by atoms with Crippen molar-refractivity contribution < 1.29 is 4.42 Å². The third-order valence-electron chi connectivity index (χ3n) is 4.42. The Bertz CT molecular complexity index is 593. The van der Waals surface area contributed by atoms with Gasteiger partial charge in [-0.15, -0.1) is 0 Å². The molecule has 1 aliphatic heterocycles. The Morgan fingerprint density at radius 2 is 2.05 bits per heavy atom. The van der Waals surface area contributed by atoms with Crippen LogP contribution in [0.2, 0.25) is 5.02 Å². The van der Waals surface area contributed by atoms with Crippen molar-refractivity contribution in [1.82, 2.24) is 10.2 Å².